The maximum atomic E-state index is 5.62. The molecule has 82 valence electrons. The lowest BCUT2D eigenvalue weighted by Gasteiger charge is -1.94. The first-order chi connectivity index (χ1) is 7.65. The highest BCUT2D eigenvalue weighted by Crippen LogP contribution is 2.12. The van der Waals surface area contributed by atoms with Gasteiger partial charge in [0.15, 0.2) is 0 Å². The Hall–Kier alpha value is -2.03. The summed E-state index contributed by atoms with van der Waals surface area (Å²) in [6.45, 7) is 2.00. The monoisotopic (exact) mass is 213 g/mol. The number of aryl methyl sites for hydroxylation is 2. The van der Waals surface area contributed by atoms with Crippen molar-refractivity contribution in [2.75, 3.05) is 5.73 Å². The Morgan fingerprint density at radius 1 is 1.19 bits per heavy atom. The van der Waals surface area contributed by atoms with E-state index < -0.39 is 0 Å². The third-order valence-electron chi connectivity index (χ3n) is 2.44. The number of hydrogen-bond acceptors (Lipinski definition) is 2. The molecule has 0 saturated carbocycles. The van der Waals surface area contributed by atoms with Crippen molar-refractivity contribution in [3.63, 3.8) is 0 Å². The Morgan fingerprint density at radius 2 is 1.88 bits per heavy atom. The molecule has 0 aliphatic rings. The summed E-state index contributed by atoms with van der Waals surface area (Å²) < 4.78 is 1.82. The largest absolute Gasteiger partial charge is 0.399 e. The highest BCUT2D eigenvalue weighted by Gasteiger charge is 1.97. The van der Waals surface area contributed by atoms with E-state index in [4.69, 9.17) is 5.73 Å². The SMILES string of the molecule is Cc1nn(C)cc1C=Cc1ccc(N)cc1. The minimum Gasteiger partial charge on any atom is -0.399 e. The predicted molar refractivity (Wildman–Crippen MR) is 67.7 cm³/mol. The predicted octanol–water partition coefficient (Wildman–Crippen LogP) is 2.48. The Morgan fingerprint density at radius 3 is 2.44 bits per heavy atom. The molecule has 3 nitrogen and oxygen atoms in total. The first-order valence-corrected chi connectivity index (χ1v) is 5.19. The molecule has 16 heavy (non-hydrogen) atoms. The molecule has 0 bridgehead atoms. The lowest BCUT2D eigenvalue weighted by Crippen LogP contribution is -1.86. The van der Waals surface area contributed by atoms with Gasteiger partial charge >= 0.3 is 0 Å². The summed E-state index contributed by atoms with van der Waals surface area (Å²) in [6.07, 6.45) is 6.13. The molecule has 2 N–H and O–H groups in total. The molecular formula is C13H15N3. The fourth-order valence-electron chi connectivity index (χ4n) is 1.57. The first kappa shape index (κ1) is 10.5. The summed E-state index contributed by atoms with van der Waals surface area (Å²) in [7, 11) is 1.92. The molecule has 0 aliphatic carbocycles. The molecule has 2 aromatic rings. The minimum absolute atomic E-state index is 0.787. The standard InChI is InChI=1S/C13H15N3/c1-10-12(9-16(2)15-10)6-3-11-4-7-13(14)8-5-11/h3-9H,14H2,1-2H3. The van der Waals surface area contributed by atoms with Gasteiger partial charge in [0.25, 0.3) is 0 Å². The van der Waals surface area contributed by atoms with E-state index in [-0.39, 0.29) is 0 Å². The fraction of sp³-hybridized carbons (Fsp3) is 0.154. The number of nitrogens with two attached hydrogens (primary N) is 1. The molecular weight excluding hydrogens is 198 g/mol. The van der Waals surface area contributed by atoms with Crippen LogP contribution in [0.1, 0.15) is 16.8 Å². The van der Waals surface area contributed by atoms with E-state index in [0.717, 1.165) is 22.5 Å². The van der Waals surface area contributed by atoms with Gasteiger partial charge in [-0.2, -0.15) is 5.10 Å². The van der Waals surface area contributed by atoms with Gasteiger partial charge in [-0.3, -0.25) is 4.68 Å². The average Bonchev–Trinajstić information content (AvgIpc) is 2.57. The summed E-state index contributed by atoms with van der Waals surface area (Å²) in [6, 6.07) is 7.79. The third-order valence-corrected chi connectivity index (χ3v) is 2.44. The molecule has 3 heteroatoms. The van der Waals surface area contributed by atoms with Crippen LogP contribution in [0.15, 0.2) is 30.5 Å². The van der Waals surface area contributed by atoms with E-state index in [1.165, 1.54) is 0 Å². The van der Waals surface area contributed by atoms with Crippen molar-refractivity contribution in [1.82, 2.24) is 9.78 Å². The number of aromatic nitrogens is 2. The van der Waals surface area contributed by atoms with Crippen molar-refractivity contribution in [2.24, 2.45) is 7.05 Å². The second-order valence-electron chi connectivity index (χ2n) is 3.84. The topological polar surface area (TPSA) is 43.8 Å². The van der Waals surface area contributed by atoms with Crippen molar-refractivity contribution in [3.05, 3.63) is 47.3 Å². The zero-order chi connectivity index (χ0) is 11.5. The molecule has 0 atom stereocenters. The van der Waals surface area contributed by atoms with Crippen LogP contribution in [-0.2, 0) is 7.05 Å². The zero-order valence-corrected chi connectivity index (χ0v) is 9.51. The van der Waals surface area contributed by atoms with Crippen molar-refractivity contribution in [2.45, 2.75) is 6.92 Å². The fourth-order valence-corrected chi connectivity index (χ4v) is 1.57. The van der Waals surface area contributed by atoms with Gasteiger partial charge in [0.05, 0.1) is 5.69 Å². The second-order valence-corrected chi connectivity index (χ2v) is 3.84. The lowest BCUT2D eigenvalue weighted by molar-refractivity contribution is 0.756. The van der Waals surface area contributed by atoms with Crippen LogP contribution in [0.5, 0.6) is 0 Å². The number of nitrogens with zero attached hydrogens (tertiary/aromatic N) is 2. The van der Waals surface area contributed by atoms with Crippen LogP contribution in [0.3, 0.4) is 0 Å². The summed E-state index contributed by atoms with van der Waals surface area (Å²) in [5, 5.41) is 4.28. The number of rotatable bonds is 2. The zero-order valence-electron chi connectivity index (χ0n) is 9.51. The van der Waals surface area contributed by atoms with Crippen molar-refractivity contribution < 1.29 is 0 Å². The number of benzene rings is 1. The van der Waals surface area contributed by atoms with Gasteiger partial charge in [-0.25, -0.2) is 0 Å². The maximum Gasteiger partial charge on any atom is 0.0665 e. The normalized spacial score (nSPS) is 11.1. The Balaban J connectivity index is 2.21. The molecule has 0 radical (unpaired) electrons. The molecule has 0 unspecified atom stereocenters. The Bertz CT molecular complexity index is 506. The average molecular weight is 213 g/mol. The van der Waals surface area contributed by atoms with Gasteiger partial charge in [-0.05, 0) is 24.6 Å². The van der Waals surface area contributed by atoms with Gasteiger partial charge in [0.1, 0.15) is 0 Å². The van der Waals surface area contributed by atoms with Crippen LogP contribution < -0.4 is 5.73 Å². The summed E-state index contributed by atoms with van der Waals surface area (Å²) in [4.78, 5) is 0. The first-order valence-electron chi connectivity index (χ1n) is 5.19. The van der Waals surface area contributed by atoms with E-state index in [0.29, 0.717) is 0 Å². The minimum atomic E-state index is 0.787. The van der Waals surface area contributed by atoms with E-state index in [1.54, 1.807) is 0 Å². The Kier molecular flexibility index (Phi) is 2.77. The molecule has 0 amide bonds. The molecule has 0 fully saturated rings. The van der Waals surface area contributed by atoms with Gasteiger partial charge in [-0.15, -0.1) is 0 Å². The van der Waals surface area contributed by atoms with Crippen LogP contribution in [0.25, 0.3) is 12.2 Å². The number of nitrogen functional groups attached to an aromatic ring is 1. The van der Waals surface area contributed by atoms with Gasteiger partial charge in [0, 0.05) is 24.5 Å². The summed E-state index contributed by atoms with van der Waals surface area (Å²) >= 11 is 0. The number of hydrogen-bond donors (Lipinski definition) is 1. The highest BCUT2D eigenvalue weighted by atomic mass is 15.2. The second kappa shape index (κ2) is 4.23. The Labute approximate surface area is 95.2 Å². The van der Waals surface area contributed by atoms with Crippen molar-refractivity contribution >= 4 is 17.8 Å². The quantitative estimate of drug-likeness (QED) is 0.779. The van der Waals surface area contributed by atoms with Crippen LogP contribution in [0.4, 0.5) is 5.69 Å². The molecule has 0 spiro atoms. The molecule has 1 aromatic heterocycles. The van der Waals surface area contributed by atoms with Crippen LogP contribution >= 0.6 is 0 Å². The van der Waals surface area contributed by atoms with Crippen LogP contribution in [0.2, 0.25) is 0 Å². The lowest BCUT2D eigenvalue weighted by atomic mass is 10.1. The van der Waals surface area contributed by atoms with Crippen LogP contribution in [-0.4, -0.2) is 9.78 Å². The van der Waals surface area contributed by atoms with E-state index >= 15 is 0 Å². The van der Waals surface area contributed by atoms with Crippen molar-refractivity contribution in [1.29, 1.82) is 0 Å². The highest BCUT2D eigenvalue weighted by molar-refractivity contribution is 5.70. The van der Waals surface area contributed by atoms with Crippen molar-refractivity contribution in [3.8, 4) is 0 Å². The van der Waals surface area contributed by atoms with E-state index in [2.05, 4.69) is 17.3 Å². The summed E-state index contributed by atoms with van der Waals surface area (Å²) in [5.41, 5.74) is 9.72. The smallest absolute Gasteiger partial charge is 0.0665 e. The number of anilines is 1. The molecule has 0 saturated heterocycles. The molecule has 0 aliphatic heterocycles. The molecule has 2 rings (SSSR count). The molecule has 1 heterocycles. The van der Waals surface area contributed by atoms with E-state index in [1.807, 2.05) is 49.1 Å². The van der Waals surface area contributed by atoms with E-state index in [9.17, 15) is 0 Å². The third kappa shape index (κ3) is 2.31. The molecule has 1 aromatic carbocycles. The maximum absolute atomic E-state index is 5.62. The van der Waals surface area contributed by atoms with Gasteiger partial charge in [-0.1, -0.05) is 24.3 Å². The summed E-state index contributed by atoms with van der Waals surface area (Å²) in [5.74, 6) is 0. The van der Waals surface area contributed by atoms with Gasteiger partial charge in [0.2, 0.25) is 0 Å². The van der Waals surface area contributed by atoms with Gasteiger partial charge < -0.3 is 5.73 Å². The van der Waals surface area contributed by atoms with Crippen LogP contribution in [0, 0.1) is 6.92 Å².